The molecule has 0 bridgehead atoms. The molecule has 1 saturated heterocycles. The molecule has 1 heterocycles. The van der Waals surface area contributed by atoms with Gasteiger partial charge in [-0.2, -0.15) is 0 Å². The van der Waals surface area contributed by atoms with Gasteiger partial charge in [-0.1, -0.05) is 0 Å². The van der Waals surface area contributed by atoms with Gasteiger partial charge in [0, 0.05) is 20.3 Å². The lowest BCUT2D eigenvalue weighted by atomic mass is 9.92. The topological polar surface area (TPSA) is 61.8 Å². The van der Waals surface area contributed by atoms with Crippen LogP contribution in [0, 0.1) is 5.41 Å². The van der Waals surface area contributed by atoms with Gasteiger partial charge in [0.1, 0.15) is 18.1 Å². The van der Waals surface area contributed by atoms with Gasteiger partial charge in [-0.3, -0.25) is 9.59 Å². The summed E-state index contributed by atoms with van der Waals surface area (Å²) in [5.74, 6) is -0.0354. The van der Waals surface area contributed by atoms with E-state index in [0.29, 0.717) is 18.8 Å². The van der Waals surface area contributed by atoms with E-state index < -0.39 is 0 Å². The molecule has 1 aliphatic carbocycles. The second-order valence-electron chi connectivity index (χ2n) is 4.48. The van der Waals surface area contributed by atoms with Crippen LogP contribution in [0.5, 0.6) is 0 Å². The van der Waals surface area contributed by atoms with Gasteiger partial charge < -0.3 is 14.2 Å². The Hall–Kier alpha value is -1.52. The molecular formula is C12H16O5. The summed E-state index contributed by atoms with van der Waals surface area (Å²) in [5, 5.41) is 0. The molecule has 94 valence electrons. The maximum atomic E-state index is 11.0. The predicted molar refractivity (Wildman–Crippen MR) is 57.6 cm³/mol. The van der Waals surface area contributed by atoms with Gasteiger partial charge in [0.05, 0.1) is 12.0 Å². The fourth-order valence-electron chi connectivity index (χ4n) is 2.22. The first-order valence-electron chi connectivity index (χ1n) is 5.72. The first-order chi connectivity index (χ1) is 8.04. The Morgan fingerprint density at radius 2 is 2.06 bits per heavy atom. The molecule has 0 aromatic heterocycles. The minimum atomic E-state index is -0.383. The Morgan fingerprint density at radius 3 is 2.59 bits per heavy atom. The highest BCUT2D eigenvalue weighted by Gasteiger charge is 2.57. The van der Waals surface area contributed by atoms with Gasteiger partial charge in [-0.25, -0.2) is 0 Å². The number of carbonyl (C=O) groups excluding carboxylic acids is 2. The number of carbonyl (C=O) groups is 2. The summed E-state index contributed by atoms with van der Waals surface area (Å²) in [7, 11) is 0. The molecule has 0 N–H and O–H groups in total. The zero-order valence-corrected chi connectivity index (χ0v) is 10.0. The van der Waals surface area contributed by atoms with Crippen LogP contribution in [0.1, 0.15) is 33.1 Å². The third kappa shape index (κ3) is 2.43. The molecule has 5 nitrogen and oxygen atoms in total. The zero-order chi connectivity index (χ0) is 12.5. The lowest BCUT2D eigenvalue weighted by Crippen LogP contribution is -2.35. The predicted octanol–water partition coefficient (Wildman–Crippen LogP) is 1.52. The molecule has 1 atom stereocenters. The van der Waals surface area contributed by atoms with Crippen LogP contribution in [-0.4, -0.2) is 24.6 Å². The van der Waals surface area contributed by atoms with E-state index in [1.807, 2.05) is 0 Å². The van der Waals surface area contributed by atoms with Gasteiger partial charge >= 0.3 is 11.9 Å². The van der Waals surface area contributed by atoms with Gasteiger partial charge in [-0.05, 0) is 12.8 Å². The van der Waals surface area contributed by atoms with E-state index in [-0.39, 0.29) is 23.5 Å². The summed E-state index contributed by atoms with van der Waals surface area (Å²) in [6, 6.07) is 0. The van der Waals surface area contributed by atoms with E-state index in [1.165, 1.54) is 20.1 Å². The van der Waals surface area contributed by atoms with Crippen molar-refractivity contribution in [3.63, 3.8) is 0 Å². The van der Waals surface area contributed by atoms with Crippen molar-refractivity contribution < 1.29 is 23.8 Å². The summed E-state index contributed by atoms with van der Waals surface area (Å²) >= 11 is 0. The van der Waals surface area contributed by atoms with Crippen LogP contribution in [0.2, 0.25) is 0 Å². The fourth-order valence-corrected chi connectivity index (χ4v) is 2.22. The Balaban J connectivity index is 2.10. The minimum Gasteiger partial charge on any atom is -0.494 e. The Morgan fingerprint density at radius 1 is 1.35 bits per heavy atom. The molecule has 0 unspecified atom stereocenters. The lowest BCUT2D eigenvalue weighted by Gasteiger charge is -2.33. The van der Waals surface area contributed by atoms with Crippen LogP contribution in [0.15, 0.2) is 12.0 Å². The number of ether oxygens (including phenoxy) is 3. The minimum absolute atomic E-state index is 0.157. The average molecular weight is 240 g/mol. The van der Waals surface area contributed by atoms with E-state index in [1.54, 1.807) is 0 Å². The van der Waals surface area contributed by atoms with Crippen molar-refractivity contribution >= 4 is 11.9 Å². The van der Waals surface area contributed by atoms with E-state index in [2.05, 4.69) is 0 Å². The third-order valence-electron chi connectivity index (χ3n) is 3.17. The standard InChI is InChI=1S/C12H16O5/c1-8(13)16-7-11-12(4-5-12)10(3-6-15-11)17-9(2)14/h7,10H,3-6H2,1-2H3/b11-7+/t10-/m1/s1. The molecule has 0 aromatic carbocycles. The second kappa shape index (κ2) is 4.39. The molecule has 1 spiro atoms. The maximum Gasteiger partial charge on any atom is 0.307 e. The van der Waals surface area contributed by atoms with Gasteiger partial charge in [0.15, 0.2) is 0 Å². The molecule has 1 aliphatic heterocycles. The smallest absolute Gasteiger partial charge is 0.307 e. The third-order valence-corrected chi connectivity index (χ3v) is 3.17. The molecule has 0 radical (unpaired) electrons. The number of hydrogen-bond acceptors (Lipinski definition) is 5. The van der Waals surface area contributed by atoms with Crippen LogP contribution < -0.4 is 0 Å². The first-order valence-corrected chi connectivity index (χ1v) is 5.72. The van der Waals surface area contributed by atoms with Crippen LogP contribution in [0.3, 0.4) is 0 Å². The first kappa shape index (κ1) is 12.0. The molecule has 1 saturated carbocycles. The summed E-state index contributed by atoms with van der Waals surface area (Å²) < 4.78 is 15.7. The van der Waals surface area contributed by atoms with Crippen molar-refractivity contribution in [3.05, 3.63) is 12.0 Å². The molecule has 2 fully saturated rings. The Bertz CT molecular complexity index is 367. The molecule has 0 aromatic rings. The summed E-state index contributed by atoms with van der Waals surface area (Å²) in [4.78, 5) is 21.8. The van der Waals surface area contributed by atoms with E-state index in [0.717, 1.165) is 12.8 Å². The Kier molecular flexibility index (Phi) is 3.09. The maximum absolute atomic E-state index is 11.0. The normalized spacial score (nSPS) is 27.4. The van der Waals surface area contributed by atoms with Crippen LogP contribution in [-0.2, 0) is 23.8 Å². The van der Waals surface area contributed by atoms with E-state index in [4.69, 9.17) is 14.2 Å². The average Bonchev–Trinajstić information content (AvgIpc) is 3.00. The quantitative estimate of drug-likeness (QED) is 0.541. The number of rotatable bonds is 2. The molecule has 2 aliphatic rings. The van der Waals surface area contributed by atoms with E-state index >= 15 is 0 Å². The largest absolute Gasteiger partial charge is 0.494 e. The van der Waals surface area contributed by atoms with Crippen molar-refractivity contribution in [1.29, 1.82) is 0 Å². The highest BCUT2D eigenvalue weighted by molar-refractivity contribution is 5.67. The van der Waals surface area contributed by atoms with E-state index in [9.17, 15) is 9.59 Å². The van der Waals surface area contributed by atoms with Crippen molar-refractivity contribution in [3.8, 4) is 0 Å². The summed E-state index contributed by atoms with van der Waals surface area (Å²) in [6.45, 7) is 3.22. The summed E-state index contributed by atoms with van der Waals surface area (Å²) in [6.07, 6.45) is 3.69. The van der Waals surface area contributed by atoms with Gasteiger partial charge in [0.25, 0.3) is 0 Å². The van der Waals surface area contributed by atoms with Crippen molar-refractivity contribution in [2.45, 2.75) is 39.2 Å². The molecule has 5 heteroatoms. The molecule has 2 rings (SSSR count). The van der Waals surface area contributed by atoms with Gasteiger partial charge in [-0.15, -0.1) is 0 Å². The highest BCUT2D eigenvalue weighted by atomic mass is 16.6. The van der Waals surface area contributed by atoms with Gasteiger partial charge in [0.2, 0.25) is 0 Å². The monoisotopic (exact) mass is 240 g/mol. The van der Waals surface area contributed by atoms with Crippen molar-refractivity contribution in [2.75, 3.05) is 6.61 Å². The highest BCUT2D eigenvalue weighted by Crippen LogP contribution is 2.58. The number of hydrogen-bond donors (Lipinski definition) is 0. The van der Waals surface area contributed by atoms with Crippen molar-refractivity contribution in [1.82, 2.24) is 0 Å². The molecular weight excluding hydrogens is 224 g/mol. The van der Waals surface area contributed by atoms with Crippen molar-refractivity contribution in [2.24, 2.45) is 5.41 Å². The van der Waals surface area contributed by atoms with Crippen LogP contribution in [0.4, 0.5) is 0 Å². The number of esters is 2. The summed E-state index contributed by atoms with van der Waals surface area (Å²) in [5.41, 5.74) is -0.251. The van der Waals surface area contributed by atoms with Crippen LogP contribution in [0.25, 0.3) is 0 Å². The molecule has 17 heavy (non-hydrogen) atoms. The fraction of sp³-hybridized carbons (Fsp3) is 0.667. The second-order valence-corrected chi connectivity index (χ2v) is 4.48. The van der Waals surface area contributed by atoms with Crippen LogP contribution >= 0.6 is 0 Å². The lowest BCUT2D eigenvalue weighted by molar-refractivity contribution is -0.154. The Labute approximate surface area is 99.7 Å². The molecule has 0 amide bonds. The zero-order valence-electron chi connectivity index (χ0n) is 10.0. The SMILES string of the molecule is CC(=O)O/C=C1/OCC[C@@H](OC(C)=O)C12CC2.